The number of pyridine rings is 1. The highest BCUT2D eigenvalue weighted by Crippen LogP contribution is 2.27. The van der Waals surface area contributed by atoms with E-state index in [0.29, 0.717) is 18.2 Å². The highest BCUT2D eigenvalue weighted by atomic mass is 32.1. The first-order valence-electron chi connectivity index (χ1n) is 6.82. The zero-order valence-corrected chi connectivity index (χ0v) is 13.0. The van der Waals surface area contributed by atoms with Crippen molar-refractivity contribution in [3.63, 3.8) is 0 Å². The molecule has 2 heterocycles. The molecule has 0 aliphatic rings. The molecular weight excluding hydrogens is 270 g/mol. The Morgan fingerprint density at radius 3 is 2.80 bits per heavy atom. The Kier molecular flexibility index (Phi) is 4.84. The number of aryl methyl sites for hydroxylation is 1. The summed E-state index contributed by atoms with van der Waals surface area (Å²) in [5, 5.41) is 3.38. The van der Waals surface area contributed by atoms with E-state index in [0.717, 1.165) is 12.2 Å². The Hall–Kier alpha value is -1.75. The minimum atomic E-state index is 0.212. The summed E-state index contributed by atoms with van der Waals surface area (Å²) in [5.41, 5.74) is 6.44. The van der Waals surface area contributed by atoms with Crippen molar-refractivity contribution in [2.24, 2.45) is 0 Å². The quantitative estimate of drug-likeness (QED) is 0.844. The molecule has 3 N–H and O–H groups in total. The van der Waals surface area contributed by atoms with Crippen LogP contribution in [0.3, 0.4) is 0 Å². The molecule has 2 aromatic heterocycles. The van der Waals surface area contributed by atoms with E-state index in [9.17, 15) is 0 Å². The molecule has 2 rings (SSSR count). The van der Waals surface area contributed by atoms with Gasteiger partial charge in [0.1, 0.15) is 5.82 Å². The van der Waals surface area contributed by atoms with E-state index in [1.54, 1.807) is 11.3 Å². The van der Waals surface area contributed by atoms with E-state index >= 15 is 0 Å². The average molecular weight is 291 g/mol. The van der Waals surface area contributed by atoms with E-state index in [2.05, 4.69) is 43.2 Å². The number of hydrogen-bond donors (Lipinski definition) is 2. The van der Waals surface area contributed by atoms with E-state index in [1.165, 1.54) is 9.75 Å². The van der Waals surface area contributed by atoms with E-state index in [4.69, 9.17) is 10.5 Å². The maximum Gasteiger partial charge on any atom is 0.239 e. The van der Waals surface area contributed by atoms with Crippen LogP contribution >= 0.6 is 11.3 Å². The van der Waals surface area contributed by atoms with Gasteiger partial charge in [-0.25, -0.2) is 0 Å². The van der Waals surface area contributed by atoms with Gasteiger partial charge in [0.25, 0.3) is 0 Å². The average Bonchev–Trinajstić information content (AvgIpc) is 2.86. The minimum Gasteiger partial charge on any atom is -0.476 e. The number of nitrogens with zero attached hydrogens (tertiary/aromatic N) is 1. The normalized spacial score (nSPS) is 12.2. The lowest BCUT2D eigenvalue weighted by atomic mass is 10.2. The summed E-state index contributed by atoms with van der Waals surface area (Å²) in [6, 6.07) is 8.19. The van der Waals surface area contributed by atoms with Crippen molar-refractivity contribution in [1.82, 2.24) is 4.98 Å². The van der Waals surface area contributed by atoms with Crippen LogP contribution in [-0.2, 0) is 0 Å². The van der Waals surface area contributed by atoms with Crippen LogP contribution in [0.15, 0.2) is 24.3 Å². The molecule has 108 valence electrons. The topological polar surface area (TPSA) is 60.2 Å². The Bertz CT molecular complexity index is 568. The Labute approximate surface area is 124 Å². The van der Waals surface area contributed by atoms with Gasteiger partial charge in [-0.15, -0.1) is 11.3 Å². The molecule has 0 saturated carbocycles. The highest BCUT2D eigenvalue weighted by Gasteiger charge is 2.10. The highest BCUT2D eigenvalue weighted by molar-refractivity contribution is 7.12. The molecule has 0 aromatic carbocycles. The lowest BCUT2D eigenvalue weighted by Gasteiger charge is -2.14. The molecule has 0 aliphatic heterocycles. The van der Waals surface area contributed by atoms with Crippen molar-refractivity contribution < 1.29 is 4.74 Å². The largest absolute Gasteiger partial charge is 0.476 e. The number of thiophene rings is 1. The maximum absolute atomic E-state index is 5.86. The number of hydrogen-bond acceptors (Lipinski definition) is 5. The summed E-state index contributed by atoms with van der Waals surface area (Å²) >= 11 is 1.79. The van der Waals surface area contributed by atoms with Gasteiger partial charge in [0, 0.05) is 9.75 Å². The van der Waals surface area contributed by atoms with Gasteiger partial charge >= 0.3 is 0 Å². The number of anilines is 2. The molecule has 0 saturated heterocycles. The van der Waals surface area contributed by atoms with Gasteiger partial charge in [-0.05, 0) is 44.5 Å². The van der Waals surface area contributed by atoms with Gasteiger partial charge in [0.05, 0.1) is 18.3 Å². The summed E-state index contributed by atoms with van der Waals surface area (Å²) in [6.07, 6.45) is 0.934. The molecule has 0 fully saturated rings. The summed E-state index contributed by atoms with van der Waals surface area (Å²) < 4.78 is 5.54. The molecule has 20 heavy (non-hydrogen) atoms. The van der Waals surface area contributed by atoms with Crippen molar-refractivity contribution in [1.29, 1.82) is 0 Å². The molecule has 5 heteroatoms. The number of aromatic nitrogens is 1. The van der Waals surface area contributed by atoms with Crippen LogP contribution in [0.2, 0.25) is 0 Å². The first-order valence-corrected chi connectivity index (χ1v) is 7.64. The SMILES string of the molecule is CCCOc1nc(NC(C)c2ccc(C)s2)ccc1N. The Balaban J connectivity index is 2.09. The first kappa shape index (κ1) is 14.7. The zero-order chi connectivity index (χ0) is 14.5. The van der Waals surface area contributed by atoms with Gasteiger partial charge in [0.2, 0.25) is 5.88 Å². The lowest BCUT2D eigenvalue weighted by Crippen LogP contribution is -2.08. The molecule has 0 amide bonds. The molecule has 4 nitrogen and oxygen atoms in total. The van der Waals surface area contributed by atoms with Crippen molar-refractivity contribution in [3.8, 4) is 5.88 Å². The molecule has 1 unspecified atom stereocenters. The summed E-state index contributed by atoms with van der Waals surface area (Å²) in [6.45, 7) is 6.91. The lowest BCUT2D eigenvalue weighted by molar-refractivity contribution is 0.307. The standard InChI is InChI=1S/C15H21N3OS/c1-4-9-19-15-12(16)6-8-14(18-15)17-11(3)13-7-5-10(2)20-13/h5-8,11H,4,9,16H2,1-3H3,(H,17,18). The van der Waals surface area contributed by atoms with E-state index < -0.39 is 0 Å². The van der Waals surface area contributed by atoms with Crippen LogP contribution in [0.5, 0.6) is 5.88 Å². The van der Waals surface area contributed by atoms with Crippen LogP contribution in [0, 0.1) is 6.92 Å². The minimum absolute atomic E-state index is 0.212. The number of nitrogens with two attached hydrogens (primary N) is 1. The smallest absolute Gasteiger partial charge is 0.239 e. The maximum atomic E-state index is 5.86. The van der Waals surface area contributed by atoms with Gasteiger partial charge in [-0.3, -0.25) is 0 Å². The molecule has 1 atom stereocenters. The van der Waals surface area contributed by atoms with Gasteiger partial charge in [-0.1, -0.05) is 6.92 Å². The Morgan fingerprint density at radius 1 is 1.35 bits per heavy atom. The molecule has 0 bridgehead atoms. The van der Waals surface area contributed by atoms with Crippen LogP contribution in [0.4, 0.5) is 11.5 Å². The van der Waals surface area contributed by atoms with Gasteiger partial charge in [0.15, 0.2) is 0 Å². The van der Waals surface area contributed by atoms with Crippen LogP contribution in [0.25, 0.3) is 0 Å². The van der Waals surface area contributed by atoms with Gasteiger partial charge in [-0.2, -0.15) is 4.98 Å². The van der Waals surface area contributed by atoms with Crippen LogP contribution in [0.1, 0.15) is 36.1 Å². The summed E-state index contributed by atoms with van der Waals surface area (Å²) in [4.78, 5) is 7.03. The number of nitrogen functional groups attached to an aromatic ring is 1. The third-order valence-electron chi connectivity index (χ3n) is 2.88. The fourth-order valence-electron chi connectivity index (χ4n) is 1.83. The van der Waals surface area contributed by atoms with E-state index in [-0.39, 0.29) is 6.04 Å². The molecular formula is C15H21N3OS. The monoisotopic (exact) mass is 291 g/mol. The fraction of sp³-hybridized carbons (Fsp3) is 0.400. The zero-order valence-electron chi connectivity index (χ0n) is 12.1. The predicted molar refractivity (Wildman–Crippen MR) is 85.5 cm³/mol. The molecule has 0 spiro atoms. The number of rotatable bonds is 6. The molecule has 2 aromatic rings. The molecule has 0 aliphatic carbocycles. The van der Waals surface area contributed by atoms with Gasteiger partial charge < -0.3 is 15.8 Å². The number of ether oxygens (including phenoxy) is 1. The van der Waals surface area contributed by atoms with Crippen molar-refractivity contribution in [2.45, 2.75) is 33.2 Å². The Morgan fingerprint density at radius 2 is 2.15 bits per heavy atom. The van der Waals surface area contributed by atoms with Crippen LogP contribution in [-0.4, -0.2) is 11.6 Å². The summed E-state index contributed by atoms with van der Waals surface area (Å²) in [7, 11) is 0. The first-order chi connectivity index (χ1) is 9.60. The number of nitrogens with one attached hydrogen (secondary N) is 1. The summed E-state index contributed by atoms with van der Waals surface area (Å²) in [5.74, 6) is 1.29. The van der Waals surface area contributed by atoms with Crippen molar-refractivity contribution in [2.75, 3.05) is 17.7 Å². The third kappa shape index (κ3) is 3.63. The van der Waals surface area contributed by atoms with Crippen LogP contribution < -0.4 is 15.8 Å². The second kappa shape index (κ2) is 6.61. The second-order valence-corrected chi connectivity index (χ2v) is 6.07. The van der Waals surface area contributed by atoms with E-state index in [1.807, 2.05) is 12.1 Å². The third-order valence-corrected chi connectivity index (χ3v) is 4.07. The predicted octanol–water partition coefficient (Wildman–Crippen LogP) is 4.00. The van der Waals surface area contributed by atoms with Crippen molar-refractivity contribution in [3.05, 3.63) is 34.0 Å². The van der Waals surface area contributed by atoms with Crippen molar-refractivity contribution >= 4 is 22.8 Å². The fourth-order valence-corrected chi connectivity index (χ4v) is 2.70. The second-order valence-electron chi connectivity index (χ2n) is 4.75. The molecule has 0 radical (unpaired) electrons.